The summed E-state index contributed by atoms with van der Waals surface area (Å²) in [6.07, 6.45) is 2.66. The molecule has 0 spiro atoms. The molecule has 1 aliphatic heterocycles. The summed E-state index contributed by atoms with van der Waals surface area (Å²) in [7, 11) is 0. The van der Waals surface area contributed by atoms with E-state index in [0.717, 1.165) is 38.9 Å². The molecule has 1 aromatic heterocycles. The standard InChI is InChI=1S/C13H19ClN2O2S/c14-11-4-8-19-12(11)13(18)15-5-2-7-16-6-1-3-10(17)9-16/h4,8,10,17H,1-3,5-7,9H2,(H,15,18)/t10-/m1/s1. The van der Waals surface area contributed by atoms with Crippen LogP contribution in [0.5, 0.6) is 0 Å². The zero-order chi connectivity index (χ0) is 13.7. The van der Waals surface area contributed by atoms with E-state index in [0.29, 0.717) is 16.4 Å². The lowest BCUT2D eigenvalue weighted by molar-refractivity contribution is 0.0697. The largest absolute Gasteiger partial charge is 0.392 e. The number of hydrogen-bond donors (Lipinski definition) is 2. The molecule has 19 heavy (non-hydrogen) atoms. The minimum absolute atomic E-state index is 0.0984. The van der Waals surface area contributed by atoms with Gasteiger partial charge >= 0.3 is 0 Å². The van der Waals surface area contributed by atoms with Crippen molar-refractivity contribution < 1.29 is 9.90 Å². The van der Waals surface area contributed by atoms with Gasteiger partial charge in [0.15, 0.2) is 0 Å². The number of thiophene rings is 1. The normalized spacial score (nSPS) is 20.4. The van der Waals surface area contributed by atoms with E-state index in [1.54, 1.807) is 6.07 Å². The third-order valence-electron chi connectivity index (χ3n) is 3.24. The summed E-state index contributed by atoms with van der Waals surface area (Å²) in [4.78, 5) is 14.6. The van der Waals surface area contributed by atoms with E-state index in [1.165, 1.54) is 11.3 Å². The van der Waals surface area contributed by atoms with Crippen molar-refractivity contribution in [1.29, 1.82) is 0 Å². The van der Waals surface area contributed by atoms with Gasteiger partial charge in [0.1, 0.15) is 4.88 Å². The fraction of sp³-hybridized carbons (Fsp3) is 0.615. The van der Waals surface area contributed by atoms with Crippen LogP contribution in [0.3, 0.4) is 0 Å². The first-order chi connectivity index (χ1) is 9.16. The molecule has 1 fully saturated rings. The molecule has 6 heteroatoms. The van der Waals surface area contributed by atoms with Crippen LogP contribution < -0.4 is 5.32 Å². The van der Waals surface area contributed by atoms with E-state index in [9.17, 15) is 9.90 Å². The van der Waals surface area contributed by atoms with Gasteiger partial charge in [-0.3, -0.25) is 4.79 Å². The molecular weight excluding hydrogens is 284 g/mol. The monoisotopic (exact) mass is 302 g/mol. The van der Waals surface area contributed by atoms with Crippen molar-refractivity contribution in [3.63, 3.8) is 0 Å². The third-order valence-corrected chi connectivity index (χ3v) is 4.58. The molecule has 0 aromatic carbocycles. The van der Waals surface area contributed by atoms with Gasteiger partial charge in [-0.2, -0.15) is 0 Å². The lowest BCUT2D eigenvalue weighted by Crippen LogP contribution is -2.39. The highest BCUT2D eigenvalue weighted by molar-refractivity contribution is 7.12. The fourth-order valence-electron chi connectivity index (χ4n) is 2.27. The van der Waals surface area contributed by atoms with Gasteiger partial charge in [-0.25, -0.2) is 0 Å². The van der Waals surface area contributed by atoms with E-state index in [-0.39, 0.29) is 12.0 Å². The number of halogens is 1. The third kappa shape index (κ3) is 4.45. The Kier molecular flexibility index (Phi) is 5.63. The summed E-state index contributed by atoms with van der Waals surface area (Å²) < 4.78 is 0. The number of rotatable bonds is 5. The average Bonchev–Trinajstić information content (AvgIpc) is 2.81. The maximum Gasteiger partial charge on any atom is 0.262 e. The predicted octanol–water partition coefficient (Wildman–Crippen LogP) is 1.98. The number of piperidine rings is 1. The Labute approximate surface area is 122 Å². The molecule has 4 nitrogen and oxygen atoms in total. The van der Waals surface area contributed by atoms with Crippen molar-refractivity contribution in [3.05, 3.63) is 21.3 Å². The zero-order valence-corrected chi connectivity index (χ0v) is 12.3. The Bertz CT molecular complexity index is 425. The van der Waals surface area contributed by atoms with Gasteiger partial charge in [-0.15, -0.1) is 11.3 Å². The summed E-state index contributed by atoms with van der Waals surface area (Å²) in [5.74, 6) is -0.0984. The molecule has 0 saturated carbocycles. The van der Waals surface area contributed by atoms with E-state index in [2.05, 4.69) is 10.2 Å². The van der Waals surface area contributed by atoms with Gasteiger partial charge in [0.25, 0.3) is 5.91 Å². The van der Waals surface area contributed by atoms with Gasteiger partial charge in [-0.1, -0.05) is 11.6 Å². The lowest BCUT2D eigenvalue weighted by atomic mass is 10.1. The predicted molar refractivity (Wildman–Crippen MR) is 78.0 cm³/mol. The molecule has 106 valence electrons. The summed E-state index contributed by atoms with van der Waals surface area (Å²) in [6, 6.07) is 1.73. The SMILES string of the molecule is O=C(NCCCN1CCC[C@@H](O)C1)c1sccc1Cl. The smallest absolute Gasteiger partial charge is 0.262 e. The molecule has 2 heterocycles. The molecule has 1 amide bonds. The maximum absolute atomic E-state index is 11.8. The summed E-state index contributed by atoms with van der Waals surface area (Å²) >= 11 is 7.26. The highest BCUT2D eigenvalue weighted by Crippen LogP contribution is 2.21. The van der Waals surface area contributed by atoms with Crippen molar-refractivity contribution in [2.45, 2.75) is 25.4 Å². The number of nitrogens with zero attached hydrogens (tertiary/aromatic N) is 1. The quantitative estimate of drug-likeness (QED) is 0.818. The van der Waals surface area contributed by atoms with Crippen LogP contribution in [-0.4, -0.2) is 48.2 Å². The van der Waals surface area contributed by atoms with E-state index >= 15 is 0 Å². The molecule has 2 N–H and O–H groups in total. The number of amides is 1. The van der Waals surface area contributed by atoms with Crippen LogP contribution in [0.2, 0.25) is 5.02 Å². The molecule has 1 saturated heterocycles. The fourth-order valence-corrected chi connectivity index (χ4v) is 3.33. The number of carbonyl (C=O) groups excluding carboxylic acids is 1. The number of carbonyl (C=O) groups is 1. The number of nitrogens with one attached hydrogen (secondary N) is 1. The summed E-state index contributed by atoms with van der Waals surface area (Å²) in [6.45, 7) is 3.35. The first-order valence-corrected chi connectivity index (χ1v) is 7.84. The van der Waals surface area contributed by atoms with Crippen molar-refractivity contribution in [3.8, 4) is 0 Å². The van der Waals surface area contributed by atoms with Gasteiger partial charge in [0, 0.05) is 13.1 Å². The molecular formula is C13H19ClN2O2S. The number of aliphatic hydroxyl groups excluding tert-OH is 1. The Morgan fingerprint density at radius 2 is 2.47 bits per heavy atom. The minimum Gasteiger partial charge on any atom is -0.392 e. The topological polar surface area (TPSA) is 52.6 Å². The van der Waals surface area contributed by atoms with Crippen LogP contribution in [0.25, 0.3) is 0 Å². The highest BCUT2D eigenvalue weighted by atomic mass is 35.5. The second kappa shape index (κ2) is 7.24. The van der Waals surface area contributed by atoms with Crippen molar-refractivity contribution in [2.75, 3.05) is 26.2 Å². The second-order valence-electron chi connectivity index (χ2n) is 4.80. The minimum atomic E-state index is -0.187. The zero-order valence-electron chi connectivity index (χ0n) is 10.8. The Balaban J connectivity index is 1.64. The van der Waals surface area contributed by atoms with E-state index < -0.39 is 0 Å². The molecule has 2 rings (SSSR count). The van der Waals surface area contributed by atoms with Crippen molar-refractivity contribution >= 4 is 28.8 Å². The van der Waals surface area contributed by atoms with Crippen molar-refractivity contribution in [2.24, 2.45) is 0 Å². The maximum atomic E-state index is 11.8. The van der Waals surface area contributed by atoms with Crippen LogP contribution >= 0.6 is 22.9 Å². The van der Waals surface area contributed by atoms with Crippen molar-refractivity contribution in [1.82, 2.24) is 10.2 Å². The Hall–Kier alpha value is -0.620. The van der Waals surface area contributed by atoms with Gasteiger partial charge in [0.2, 0.25) is 0 Å². The van der Waals surface area contributed by atoms with E-state index in [1.807, 2.05) is 5.38 Å². The van der Waals surface area contributed by atoms with Gasteiger partial charge in [0.05, 0.1) is 11.1 Å². The number of aliphatic hydroxyl groups is 1. The Morgan fingerprint density at radius 1 is 1.63 bits per heavy atom. The second-order valence-corrected chi connectivity index (χ2v) is 6.13. The molecule has 0 radical (unpaired) electrons. The van der Waals surface area contributed by atoms with Crippen LogP contribution in [-0.2, 0) is 0 Å². The Morgan fingerprint density at radius 3 is 3.16 bits per heavy atom. The summed E-state index contributed by atoms with van der Waals surface area (Å²) in [5, 5.41) is 14.8. The van der Waals surface area contributed by atoms with E-state index in [4.69, 9.17) is 11.6 Å². The van der Waals surface area contributed by atoms with Gasteiger partial charge in [-0.05, 0) is 43.8 Å². The number of β-amino-alcohol motifs (C(OH)–C–C–N with tert-alkyl or cyclic N) is 1. The molecule has 0 unspecified atom stereocenters. The molecule has 0 bridgehead atoms. The van der Waals surface area contributed by atoms with Crippen LogP contribution in [0.4, 0.5) is 0 Å². The van der Waals surface area contributed by atoms with Crippen LogP contribution in [0.1, 0.15) is 28.9 Å². The number of hydrogen-bond acceptors (Lipinski definition) is 4. The first kappa shape index (κ1) is 14.8. The molecule has 1 atom stereocenters. The van der Waals surface area contributed by atoms with Crippen LogP contribution in [0, 0.1) is 0 Å². The molecule has 1 aromatic rings. The molecule has 0 aliphatic carbocycles. The molecule has 1 aliphatic rings. The first-order valence-electron chi connectivity index (χ1n) is 6.58. The highest BCUT2D eigenvalue weighted by Gasteiger charge is 2.17. The van der Waals surface area contributed by atoms with Gasteiger partial charge < -0.3 is 15.3 Å². The average molecular weight is 303 g/mol. The lowest BCUT2D eigenvalue weighted by Gasteiger charge is -2.29. The van der Waals surface area contributed by atoms with Crippen LogP contribution in [0.15, 0.2) is 11.4 Å². The number of likely N-dealkylation sites (tertiary alicyclic amines) is 1. The summed E-state index contributed by atoms with van der Waals surface area (Å²) in [5.41, 5.74) is 0.